The third-order valence-corrected chi connectivity index (χ3v) is 5.06. The molecule has 1 atom stereocenters. The predicted molar refractivity (Wildman–Crippen MR) is 101 cm³/mol. The molecule has 1 aromatic carbocycles. The first-order valence-electron chi connectivity index (χ1n) is 9.50. The maximum Gasteiger partial charge on any atom is 0.315 e. The van der Waals surface area contributed by atoms with Gasteiger partial charge in [0.25, 0.3) is 0 Å². The predicted octanol–water partition coefficient (Wildman–Crippen LogP) is 2.74. The Hall–Kier alpha value is -1.59. The number of carbonyl (C=O) groups is 1. The number of nitrogens with zero attached hydrogens (tertiary/aromatic N) is 1. The molecular weight excluding hydrogens is 314 g/mol. The lowest BCUT2D eigenvalue weighted by molar-refractivity contribution is 0.185. The SMILES string of the molecule is CC1CCN(Cc2ccccc2CNC(=O)NCC(C)CCO)CC1. The molecule has 0 saturated carbocycles. The summed E-state index contributed by atoms with van der Waals surface area (Å²) in [5.41, 5.74) is 2.48. The Kier molecular flexibility index (Phi) is 8.22. The van der Waals surface area contributed by atoms with Crippen molar-refractivity contribution in [2.75, 3.05) is 26.2 Å². The van der Waals surface area contributed by atoms with Crippen molar-refractivity contribution in [1.29, 1.82) is 0 Å². The average molecular weight is 348 g/mol. The molecule has 0 aliphatic carbocycles. The number of piperidine rings is 1. The monoisotopic (exact) mass is 347 g/mol. The highest BCUT2D eigenvalue weighted by molar-refractivity contribution is 5.73. The van der Waals surface area contributed by atoms with E-state index in [9.17, 15) is 4.79 Å². The lowest BCUT2D eigenvalue weighted by Crippen LogP contribution is -2.38. The van der Waals surface area contributed by atoms with Crippen LogP contribution in [0.15, 0.2) is 24.3 Å². The fraction of sp³-hybridized carbons (Fsp3) is 0.650. The summed E-state index contributed by atoms with van der Waals surface area (Å²) in [6.45, 7) is 8.91. The molecule has 5 heteroatoms. The zero-order chi connectivity index (χ0) is 18.1. The van der Waals surface area contributed by atoms with Crippen molar-refractivity contribution in [3.8, 4) is 0 Å². The fourth-order valence-corrected chi connectivity index (χ4v) is 3.17. The van der Waals surface area contributed by atoms with Gasteiger partial charge in [-0.05, 0) is 55.3 Å². The van der Waals surface area contributed by atoms with Gasteiger partial charge in [0.05, 0.1) is 0 Å². The first-order valence-corrected chi connectivity index (χ1v) is 9.50. The number of hydrogen-bond acceptors (Lipinski definition) is 3. The second-order valence-corrected chi connectivity index (χ2v) is 7.41. The standard InChI is InChI=1S/C20H33N3O2/c1-16-7-10-23(11-8-16)15-19-6-4-3-5-18(19)14-22-20(25)21-13-17(2)9-12-24/h3-6,16-17,24H,7-15H2,1-2H3,(H2,21,22,25). The zero-order valence-electron chi connectivity index (χ0n) is 15.6. The van der Waals surface area contributed by atoms with Crippen LogP contribution in [0, 0.1) is 11.8 Å². The number of carbonyl (C=O) groups excluding carboxylic acids is 1. The maximum absolute atomic E-state index is 12.0. The van der Waals surface area contributed by atoms with Crippen molar-refractivity contribution >= 4 is 6.03 Å². The van der Waals surface area contributed by atoms with E-state index in [0.29, 0.717) is 19.5 Å². The number of rotatable bonds is 8. The molecule has 0 radical (unpaired) electrons. The Balaban J connectivity index is 1.80. The largest absolute Gasteiger partial charge is 0.396 e. The molecule has 3 N–H and O–H groups in total. The lowest BCUT2D eigenvalue weighted by atomic mass is 9.98. The van der Waals surface area contributed by atoms with E-state index in [1.807, 2.05) is 13.0 Å². The van der Waals surface area contributed by atoms with Gasteiger partial charge in [0.1, 0.15) is 0 Å². The smallest absolute Gasteiger partial charge is 0.315 e. The first-order chi connectivity index (χ1) is 12.1. The Morgan fingerprint density at radius 2 is 1.92 bits per heavy atom. The van der Waals surface area contributed by atoms with E-state index < -0.39 is 0 Å². The summed E-state index contributed by atoms with van der Waals surface area (Å²) in [7, 11) is 0. The Morgan fingerprint density at radius 3 is 2.60 bits per heavy atom. The summed E-state index contributed by atoms with van der Waals surface area (Å²) < 4.78 is 0. The highest BCUT2D eigenvalue weighted by Crippen LogP contribution is 2.19. The quantitative estimate of drug-likeness (QED) is 0.677. The Morgan fingerprint density at radius 1 is 1.24 bits per heavy atom. The van der Waals surface area contributed by atoms with E-state index in [1.165, 1.54) is 24.0 Å². The molecule has 1 unspecified atom stereocenters. The van der Waals surface area contributed by atoms with Gasteiger partial charge in [-0.25, -0.2) is 4.79 Å². The van der Waals surface area contributed by atoms with Gasteiger partial charge in [-0.1, -0.05) is 38.1 Å². The fourth-order valence-electron chi connectivity index (χ4n) is 3.17. The van der Waals surface area contributed by atoms with Crippen LogP contribution < -0.4 is 10.6 Å². The minimum absolute atomic E-state index is 0.147. The molecule has 0 aromatic heterocycles. The summed E-state index contributed by atoms with van der Waals surface area (Å²) in [5.74, 6) is 1.12. The van der Waals surface area contributed by atoms with Gasteiger partial charge in [-0.15, -0.1) is 0 Å². The molecule has 5 nitrogen and oxygen atoms in total. The molecule has 1 aliphatic heterocycles. The van der Waals surface area contributed by atoms with Gasteiger partial charge < -0.3 is 15.7 Å². The molecule has 1 saturated heterocycles. The summed E-state index contributed by atoms with van der Waals surface area (Å²) in [4.78, 5) is 14.5. The van der Waals surface area contributed by atoms with Crippen molar-refractivity contribution in [2.45, 2.75) is 46.2 Å². The van der Waals surface area contributed by atoms with Crippen molar-refractivity contribution in [3.05, 3.63) is 35.4 Å². The van der Waals surface area contributed by atoms with Crippen LogP contribution in [0.2, 0.25) is 0 Å². The second kappa shape index (κ2) is 10.4. The van der Waals surface area contributed by atoms with E-state index in [-0.39, 0.29) is 18.6 Å². The van der Waals surface area contributed by atoms with E-state index in [0.717, 1.165) is 25.6 Å². The van der Waals surface area contributed by atoms with E-state index in [4.69, 9.17) is 5.11 Å². The van der Waals surface area contributed by atoms with Gasteiger partial charge in [0, 0.05) is 26.2 Å². The van der Waals surface area contributed by atoms with Crippen LogP contribution in [0.5, 0.6) is 0 Å². The highest BCUT2D eigenvalue weighted by Gasteiger charge is 2.16. The van der Waals surface area contributed by atoms with Crippen molar-refractivity contribution in [1.82, 2.24) is 15.5 Å². The normalized spacial score (nSPS) is 17.2. The number of likely N-dealkylation sites (tertiary alicyclic amines) is 1. The number of hydrogen-bond donors (Lipinski definition) is 3. The van der Waals surface area contributed by atoms with Gasteiger partial charge in [-0.3, -0.25) is 4.90 Å². The van der Waals surface area contributed by atoms with Gasteiger partial charge in [0.2, 0.25) is 0 Å². The summed E-state index contributed by atoms with van der Waals surface area (Å²) in [5, 5.41) is 14.7. The molecule has 0 spiro atoms. The minimum Gasteiger partial charge on any atom is -0.396 e. The van der Waals surface area contributed by atoms with E-state index >= 15 is 0 Å². The van der Waals surface area contributed by atoms with Crippen LogP contribution in [0.4, 0.5) is 4.79 Å². The second-order valence-electron chi connectivity index (χ2n) is 7.41. The van der Waals surface area contributed by atoms with Crippen LogP contribution in [-0.4, -0.2) is 42.3 Å². The van der Waals surface area contributed by atoms with Crippen molar-refractivity contribution in [2.24, 2.45) is 11.8 Å². The Bertz CT molecular complexity index is 527. The number of amides is 2. The van der Waals surface area contributed by atoms with E-state index in [1.54, 1.807) is 0 Å². The summed E-state index contributed by atoms with van der Waals surface area (Å²) in [6, 6.07) is 8.21. The van der Waals surface area contributed by atoms with Crippen LogP contribution in [0.3, 0.4) is 0 Å². The van der Waals surface area contributed by atoms with Crippen molar-refractivity contribution < 1.29 is 9.90 Å². The third-order valence-electron chi connectivity index (χ3n) is 5.06. The minimum atomic E-state index is -0.147. The van der Waals surface area contributed by atoms with Crippen LogP contribution in [-0.2, 0) is 13.1 Å². The highest BCUT2D eigenvalue weighted by atomic mass is 16.3. The molecule has 1 aliphatic rings. The number of urea groups is 1. The molecule has 2 rings (SSSR count). The van der Waals surface area contributed by atoms with Gasteiger partial charge >= 0.3 is 6.03 Å². The molecule has 25 heavy (non-hydrogen) atoms. The third kappa shape index (κ3) is 7.04. The molecule has 1 fully saturated rings. The van der Waals surface area contributed by atoms with E-state index in [2.05, 4.69) is 40.7 Å². The van der Waals surface area contributed by atoms with Crippen LogP contribution in [0.25, 0.3) is 0 Å². The number of nitrogens with one attached hydrogen (secondary N) is 2. The zero-order valence-corrected chi connectivity index (χ0v) is 15.6. The number of aliphatic hydroxyl groups is 1. The first kappa shape index (κ1) is 19.7. The number of aliphatic hydroxyl groups excluding tert-OH is 1. The molecular formula is C20H33N3O2. The number of benzene rings is 1. The van der Waals surface area contributed by atoms with Crippen molar-refractivity contribution in [3.63, 3.8) is 0 Å². The molecule has 140 valence electrons. The van der Waals surface area contributed by atoms with Gasteiger partial charge in [0.15, 0.2) is 0 Å². The molecule has 2 amide bonds. The summed E-state index contributed by atoms with van der Waals surface area (Å²) in [6.07, 6.45) is 3.25. The maximum atomic E-state index is 12.0. The topological polar surface area (TPSA) is 64.6 Å². The molecule has 1 aromatic rings. The average Bonchev–Trinajstić information content (AvgIpc) is 2.61. The molecule has 1 heterocycles. The Labute approximate surface area is 151 Å². The van der Waals surface area contributed by atoms with Gasteiger partial charge in [-0.2, -0.15) is 0 Å². The van der Waals surface area contributed by atoms with Crippen LogP contribution >= 0.6 is 0 Å². The molecule has 0 bridgehead atoms. The summed E-state index contributed by atoms with van der Waals surface area (Å²) >= 11 is 0. The lowest BCUT2D eigenvalue weighted by Gasteiger charge is -2.30. The van der Waals surface area contributed by atoms with Crippen LogP contribution in [0.1, 0.15) is 44.2 Å².